The quantitative estimate of drug-likeness (QED) is 0.650. The molecule has 2 fully saturated rings. The van der Waals surface area contributed by atoms with Crippen molar-refractivity contribution in [2.24, 2.45) is 29.8 Å². The summed E-state index contributed by atoms with van der Waals surface area (Å²) in [6.07, 6.45) is 7.76. The first-order chi connectivity index (χ1) is 15.9. The summed E-state index contributed by atoms with van der Waals surface area (Å²) in [6, 6.07) is 4.87. The predicted octanol–water partition coefficient (Wildman–Crippen LogP) is 3.24. The molecule has 2 aromatic rings. The van der Waals surface area contributed by atoms with Crippen molar-refractivity contribution in [3.8, 4) is 0 Å². The van der Waals surface area contributed by atoms with Crippen LogP contribution in [-0.4, -0.2) is 44.9 Å². The molecule has 2 saturated carbocycles. The fourth-order valence-corrected chi connectivity index (χ4v) is 4.98. The maximum Gasteiger partial charge on any atom is 0.270 e. The first-order valence-electron chi connectivity index (χ1n) is 11.7. The Labute approximate surface area is 193 Å². The first-order valence-corrected chi connectivity index (χ1v) is 11.7. The lowest BCUT2D eigenvalue weighted by Crippen LogP contribution is -2.50. The molecule has 172 valence electrons. The molecule has 0 bridgehead atoms. The van der Waals surface area contributed by atoms with Gasteiger partial charge < -0.3 is 10.6 Å². The van der Waals surface area contributed by atoms with Crippen molar-refractivity contribution in [3.63, 3.8) is 0 Å². The van der Waals surface area contributed by atoms with Crippen LogP contribution in [0.2, 0.25) is 0 Å². The number of rotatable bonds is 8. The van der Waals surface area contributed by atoms with Crippen LogP contribution < -0.4 is 10.6 Å². The highest BCUT2D eigenvalue weighted by molar-refractivity contribution is 6.24. The van der Waals surface area contributed by atoms with Gasteiger partial charge in [-0.15, -0.1) is 0 Å². The van der Waals surface area contributed by atoms with Crippen molar-refractivity contribution in [2.45, 2.75) is 45.6 Å². The summed E-state index contributed by atoms with van der Waals surface area (Å²) >= 11 is 0. The Kier molecular flexibility index (Phi) is 5.60. The van der Waals surface area contributed by atoms with E-state index in [9.17, 15) is 9.59 Å². The number of aryl methyl sites for hydroxylation is 1. The molecule has 0 aromatic carbocycles. The minimum Gasteiger partial charge on any atom is -0.339 e. The Hall–Kier alpha value is -3.29. The molecule has 0 spiro atoms. The Morgan fingerprint density at radius 2 is 1.82 bits per heavy atom. The number of carbonyl (C=O) groups is 2. The lowest BCUT2D eigenvalue weighted by molar-refractivity contribution is -0.119. The van der Waals surface area contributed by atoms with Crippen LogP contribution in [0.15, 0.2) is 41.2 Å². The Morgan fingerprint density at radius 3 is 2.33 bits per heavy atom. The summed E-state index contributed by atoms with van der Waals surface area (Å²) in [5.74, 6) is 0.714. The molecule has 2 N–H and O–H groups in total. The average molecular weight is 447 g/mol. The van der Waals surface area contributed by atoms with E-state index in [1.54, 1.807) is 25.5 Å². The van der Waals surface area contributed by atoms with Gasteiger partial charge in [0.05, 0.1) is 24.1 Å². The zero-order valence-electron chi connectivity index (χ0n) is 19.3. The molecule has 5 rings (SSSR count). The van der Waals surface area contributed by atoms with E-state index in [1.807, 2.05) is 19.1 Å². The predicted molar refractivity (Wildman–Crippen MR) is 127 cm³/mol. The lowest BCUT2D eigenvalue weighted by Gasteiger charge is -2.27. The highest BCUT2D eigenvalue weighted by Crippen LogP contribution is 2.50. The lowest BCUT2D eigenvalue weighted by atomic mass is 9.88. The van der Waals surface area contributed by atoms with Gasteiger partial charge in [0.15, 0.2) is 0 Å². The summed E-state index contributed by atoms with van der Waals surface area (Å²) in [7, 11) is 1.73. The summed E-state index contributed by atoms with van der Waals surface area (Å²) in [4.78, 5) is 35.5. The van der Waals surface area contributed by atoms with Crippen molar-refractivity contribution in [1.29, 1.82) is 0 Å². The standard InChI is InChI=1S/C25H30N6O2/c1-14-12-26-15(2)21(14)19-9-8-18(13-27-19)29-25(33)23(22(16-4-5-16)17-6-7-17)30-24(32)20-10-11-28-31(20)3/h8-11,13,16-17,22-23H,4-7,12H2,1-3H3,(H,29,33)(H,30,32)/t23-/m0/s1. The van der Waals surface area contributed by atoms with E-state index in [0.717, 1.165) is 42.7 Å². The van der Waals surface area contributed by atoms with E-state index in [-0.39, 0.29) is 17.7 Å². The molecule has 33 heavy (non-hydrogen) atoms. The maximum absolute atomic E-state index is 13.4. The maximum atomic E-state index is 13.4. The van der Waals surface area contributed by atoms with Gasteiger partial charge in [-0.25, -0.2) is 0 Å². The molecule has 3 heterocycles. The minimum atomic E-state index is -0.582. The van der Waals surface area contributed by atoms with Gasteiger partial charge in [-0.3, -0.25) is 24.2 Å². The van der Waals surface area contributed by atoms with Crippen LogP contribution >= 0.6 is 0 Å². The molecular weight excluding hydrogens is 416 g/mol. The normalized spacial score (nSPS) is 19.0. The smallest absolute Gasteiger partial charge is 0.270 e. The topological polar surface area (TPSA) is 101 Å². The fourth-order valence-electron chi connectivity index (χ4n) is 4.98. The summed E-state index contributed by atoms with van der Waals surface area (Å²) in [5.41, 5.74) is 5.20. The highest BCUT2D eigenvalue weighted by atomic mass is 16.2. The summed E-state index contributed by atoms with van der Waals surface area (Å²) < 4.78 is 1.53. The van der Waals surface area contributed by atoms with E-state index in [4.69, 9.17) is 0 Å². The van der Waals surface area contributed by atoms with Crippen LogP contribution in [-0.2, 0) is 11.8 Å². The molecule has 2 amide bonds. The van der Waals surface area contributed by atoms with E-state index in [1.165, 1.54) is 10.3 Å². The van der Waals surface area contributed by atoms with E-state index >= 15 is 0 Å². The van der Waals surface area contributed by atoms with E-state index in [2.05, 4.69) is 32.6 Å². The number of pyridine rings is 1. The Bertz CT molecular complexity index is 1130. The van der Waals surface area contributed by atoms with Crippen molar-refractivity contribution < 1.29 is 9.59 Å². The van der Waals surface area contributed by atoms with Crippen molar-refractivity contribution in [3.05, 3.63) is 47.6 Å². The second-order valence-corrected chi connectivity index (χ2v) is 9.52. The highest BCUT2D eigenvalue weighted by Gasteiger charge is 2.48. The second kappa shape index (κ2) is 8.57. The van der Waals surface area contributed by atoms with Gasteiger partial charge in [0.25, 0.3) is 5.91 Å². The van der Waals surface area contributed by atoms with Crippen LogP contribution in [0, 0.1) is 17.8 Å². The van der Waals surface area contributed by atoms with Crippen LogP contribution in [0.3, 0.4) is 0 Å². The third kappa shape index (κ3) is 4.47. The molecule has 0 radical (unpaired) electrons. The Balaban J connectivity index is 1.35. The van der Waals surface area contributed by atoms with Crippen molar-refractivity contribution in [2.75, 3.05) is 11.9 Å². The zero-order chi connectivity index (χ0) is 23.1. The summed E-state index contributed by atoms with van der Waals surface area (Å²) in [5, 5.41) is 10.1. The minimum absolute atomic E-state index is 0.166. The second-order valence-electron chi connectivity index (χ2n) is 9.52. The molecule has 1 atom stereocenters. The third-order valence-corrected chi connectivity index (χ3v) is 6.97. The number of anilines is 1. The molecule has 0 saturated heterocycles. The fraction of sp³-hybridized carbons (Fsp3) is 0.480. The van der Waals surface area contributed by atoms with Crippen LogP contribution in [0.5, 0.6) is 0 Å². The number of carbonyl (C=O) groups excluding carboxylic acids is 2. The van der Waals surface area contributed by atoms with E-state index in [0.29, 0.717) is 29.8 Å². The van der Waals surface area contributed by atoms with Gasteiger partial charge in [0, 0.05) is 24.5 Å². The van der Waals surface area contributed by atoms with Crippen LogP contribution in [0.4, 0.5) is 5.69 Å². The van der Waals surface area contributed by atoms with Crippen LogP contribution in [0.1, 0.15) is 55.7 Å². The number of aliphatic imine (C=N–C) groups is 1. The third-order valence-electron chi connectivity index (χ3n) is 6.97. The van der Waals surface area contributed by atoms with Gasteiger partial charge >= 0.3 is 0 Å². The molecule has 3 aliphatic rings. The van der Waals surface area contributed by atoms with Crippen molar-refractivity contribution in [1.82, 2.24) is 20.1 Å². The molecule has 1 aliphatic heterocycles. The molecule has 8 nitrogen and oxygen atoms in total. The molecular formula is C25H30N6O2. The number of nitrogens with one attached hydrogen (secondary N) is 2. The molecule has 0 unspecified atom stereocenters. The van der Waals surface area contributed by atoms with E-state index < -0.39 is 6.04 Å². The first kappa shape index (κ1) is 21.6. The van der Waals surface area contributed by atoms with Crippen LogP contribution in [0.25, 0.3) is 5.57 Å². The SMILES string of the molecule is CC1=NCC(C)=C1c1ccc(NC(=O)[C@@H](NC(=O)c2ccnn2C)C(C2CC2)C2CC2)cn1. The van der Waals surface area contributed by atoms with Crippen molar-refractivity contribution >= 4 is 28.8 Å². The number of allylic oxidation sites excluding steroid dienone is 1. The summed E-state index contributed by atoms with van der Waals surface area (Å²) in [6.45, 7) is 4.77. The van der Waals surface area contributed by atoms with Gasteiger partial charge in [0.2, 0.25) is 5.91 Å². The number of nitrogens with zero attached hydrogens (tertiary/aromatic N) is 4. The largest absolute Gasteiger partial charge is 0.339 e. The molecule has 2 aromatic heterocycles. The van der Waals surface area contributed by atoms with Gasteiger partial charge in [0.1, 0.15) is 11.7 Å². The number of aromatic nitrogens is 3. The van der Waals surface area contributed by atoms with Gasteiger partial charge in [-0.05, 0) is 81.1 Å². The number of amides is 2. The molecule has 8 heteroatoms. The number of hydrogen-bond acceptors (Lipinski definition) is 5. The monoisotopic (exact) mass is 446 g/mol. The number of hydrogen-bond donors (Lipinski definition) is 2. The van der Waals surface area contributed by atoms with Gasteiger partial charge in [-0.1, -0.05) is 0 Å². The Morgan fingerprint density at radius 1 is 1.09 bits per heavy atom. The zero-order valence-corrected chi connectivity index (χ0v) is 19.3. The average Bonchev–Trinajstić information content (AvgIpc) is 3.72. The van der Waals surface area contributed by atoms with Gasteiger partial charge in [-0.2, -0.15) is 5.10 Å². The molecule has 2 aliphatic carbocycles.